The van der Waals surface area contributed by atoms with Gasteiger partial charge in [0.15, 0.2) is 0 Å². The molecule has 7 heteroatoms. The van der Waals surface area contributed by atoms with E-state index in [2.05, 4.69) is 20.3 Å². The molecule has 1 aliphatic heterocycles. The average molecular weight is 399 g/mol. The fraction of sp³-hybridized carbons (Fsp3) is 0.364. The lowest BCUT2D eigenvalue weighted by molar-refractivity contribution is -0.138. The van der Waals surface area contributed by atoms with Crippen molar-refractivity contribution in [2.45, 2.75) is 26.4 Å². The third kappa shape index (κ3) is 7.83. The maximum absolute atomic E-state index is 12.1. The van der Waals surface area contributed by atoms with Gasteiger partial charge in [0.1, 0.15) is 5.60 Å². The molecule has 0 saturated carbocycles. The second-order valence-corrected chi connectivity index (χ2v) is 7.69. The van der Waals surface area contributed by atoms with E-state index in [1.165, 1.54) is 5.69 Å². The highest BCUT2D eigenvalue weighted by Crippen LogP contribution is 2.19. The zero-order valence-electron chi connectivity index (χ0n) is 17.3. The summed E-state index contributed by atoms with van der Waals surface area (Å²) >= 11 is 0. The first-order chi connectivity index (χ1) is 13.8. The quantitative estimate of drug-likeness (QED) is 0.541. The lowest BCUT2D eigenvalue weighted by atomic mass is 10.2. The Morgan fingerprint density at radius 1 is 1.07 bits per heavy atom. The van der Waals surface area contributed by atoms with Crippen molar-refractivity contribution < 1.29 is 14.3 Å². The number of piperazine rings is 1. The van der Waals surface area contributed by atoms with Crippen LogP contribution in [0.5, 0.6) is 0 Å². The number of nitrogens with zero attached hydrogens (tertiary/aromatic N) is 1. The molecule has 1 heterocycles. The zero-order valence-corrected chi connectivity index (χ0v) is 17.3. The molecule has 1 amide bonds. The van der Waals surface area contributed by atoms with E-state index in [0.29, 0.717) is 17.7 Å². The van der Waals surface area contributed by atoms with Gasteiger partial charge in [0.05, 0.1) is 0 Å². The Bertz CT molecular complexity index is 777. The summed E-state index contributed by atoms with van der Waals surface area (Å²) in [5.41, 5.74) is 8.54. The van der Waals surface area contributed by atoms with Crippen molar-refractivity contribution in [1.29, 1.82) is 0 Å². The van der Waals surface area contributed by atoms with Gasteiger partial charge in [0, 0.05) is 48.8 Å². The molecule has 1 saturated heterocycles. The van der Waals surface area contributed by atoms with Crippen molar-refractivity contribution in [2.24, 2.45) is 0 Å². The molecule has 7 nitrogen and oxygen atoms in total. The van der Waals surface area contributed by atoms with Crippen LogP contribution in [-0.4, -0.2) is 44.2 Å². The van der Waals surface area contributed by atoms with Gasteiger partial charge >= 0.3 is 0 Å². The van der Waals surface area contributed by atoms with Gasteiger partial charge < -0.3 is 26.0 Å². The highest BCUT2D eigenvalue weighted by Gasteiger charge is 2.11. The van der Waals surface area contributed by atoms with Crippen molar-refractivity contribution in [2.75, 3.05) is 42.1 Å². The van der Waals surface area contributed by atoms with Crippen LogP contribution in [0.25, 0.3) is 0 Å². The highest BCUT2D eigenvalue weighted by molar-refractivity contribution is 6.04. The fourth-order valence-electron chi connectivity index (χ4n) is 2.66. The molecule has 29 heavy (non-hydrogen) atoms. The van der Waals surface area contributed by atoms with Crippen LogP contribution in [0.1, 0.15) is 31.1 Å². The summed E-state index contributed by atoms with van der Waals surface area (Å²) in [6.07, 6.45) is 0. The predicted octanol–water partition coefficient (Wildman–Crippen LogP) is 2.89. The minimum Gasteiger partial charge on any atom is -0.462 e. The predicted molar refractivity (Wildman–Crippen MR) is 117 cm³/mol. The number of carbonyl (C=O) groups is 2. The van der Waals surface area contributed by atoms with Gasteiger partial charge in [-0.2, -0.15) is 0 Å². The first kappa shape index (κ1) is 22.2. The molecular formula is C22H30N4O3. The SMILES string of the molecule is CC(C)(C)OC=O.Nc1ccc(C(=O)Nc2ccc(N3CCNCC3)cc2)cc1. The van der Waals surface area contributed by atoms with Crippen LogP contribution in [0.3, 0.4) is 0 Å². The molecule has 3 rings (SSSR count). The van der Waals surface area contributed by atoms with Gasteiger partial charge in [-0.05, 0) is 69.3 Å². The summed E-state index contributed by atoms with van der Waals surface area (Å²) in [5.74, 6) is -0.130. The summed E-state index contributed by atoms with van der Waals surface area (Å²) < 4.78 is 4.55. The van der Waals surface area contributed by atoms with Gasteiger partial charge in [-0.15, -0.1) is 0 Å². The molecule has 0 radical (unpaired) electrons. The van der Waals surface area contributed by atoms with E-state index in [-0.39, 0.29) is 11.5 Å². The summed E-state index contributed by atoms with van der Waals surface area (Å²) in [4.78, 5) is 24.1. The largest absolute Gasteiger partial charge is 0.462 e. The van der Waals surface area contributed by atoms with E-state index in [1.807, 2.05) is 45.0 Å². The molecule has 1 fully saturated rings. The molecule has 1 aliphatic rings. The summed E-state index contributed by atoms with van der Waals surface area (Å²) in [6, 6.07) is 14.9. The topological polar surface area (TPSA) is 96.7 Å². The second-order valence-electron chi connectivity index (χ2n) is 7.69. The molecule has 0 spiro atoms. The summed E-state index contributed by atoms with van der Waals surface area (Å²) in [7, 11) is 0. The van der Waals surface area contributed by atoms with Crippen LogP contribution >= 0.6 is 0 Å². The van der Waals surface area contributed by atoms with Crippen molar-refractivity contribution >= 4 is 29.4 Å². The minimum atomic E-state index is -0.318. The Balaban J connectivity index is 0.000000370. The molecule has 156 valence electrons. The Kier molecular flexibility index (Phi) is 8.03. The monoisotopic (exact) mass is 398 g/mol. The zero-order chi connectivity index (χ0) is 21.3. The van der Waals surface area contributed by atoms with Crippen LogP contribution in [-0.2, 0) is 9.53 Å². The van der Waals surface area contributed by atoms with Gasteiger partial charge in [0.25, 0.3) is 12.4 Å². The van der Waals surface area contributed by atoms with Crippen LogP contribution in [0.4, 0.5) is 17.1 Å². The van der Waals surface area contributed by atoms with E-state index in [4.69, 9.17) is 5.73 Å². The molecule has 0 atom stereocenters. The average Bonchev–Trinajstić information content (AvgIpc) is 2.69. The molecule has 2 aromatic carbocycles. The second kappa shape index (κ2) is 10.5. The maximum Gasteiger partial charge on any atom is 0.293 e. The van der Waals surface area contributed by atoms with Crippen molar-refractivity contribution in [1.82, 2.24) is 5.32 Å². The maximum atomic E-state index is 12.1. The number of nitrogens with one attached hydrogen (secondary N) is 2. The number of nitrogen functional groups attached to an aromatic ring is 1. The number of benzene rings is 2. The van der Waals surface area contributed by atoms with E-state index in [0.717, 1.165) is 31.9 Å². The number of nitrogens with two attached hydrogens (primary N) is 1. The smallest absolute Gasteiger partial charge is 0.293 e. The molecule has 0 bridgehead atoms. The van der Waals surface area contributed by atoms with E-state index >= 15 is 0 Å². The number of hydrogen-bond donors (Lipinski definition) is 3. The Labute approximate surface area is 172 Å². The molecular weight excluding hydrogens is 368 g/mol. The van der Waals surface area contributed by atoms with Crippen LogP contribution in [0.2, 0.25) is 0 Å². The van der Waals surface area contributed by atoms with Gasteiger partial charge in [-0.3, -0.25) is 9.59 Å². The summed E-state index contributed by atoms with van der Waals surface area (Å²) in [5, 5.41) is 6.23. The molecule has 0 unspecified atom stereocenters. The number of rotatable bonds is 4. The number of amides is 1. The fourth-order valence-corrected chi connectivity index (χ4v) is 2.66. The lowest BCUT2D eigenvalue weighted by Gasteiger charge is -2.29. The Morgan fingerprint density at radius 2 is 1.66 bits per heavy atom. The van der Waals surface area contributed by atoms with Crippen LogP contribution in [0.15, 0.2) is 48.5 Å². The molecule has 0 aromatic heterocycles. The van der Waals surface area contributed by atoms with Crippen molar-refractivity contribution in [3.8, 4) is 0 Å². The van der Waals surface area contributed by atoms with Gasteiger partial charge in [0.2, 0.25) is 0 Å². The van der Waals surface area contributed by atoms with Gasteiger partial charge in [-0.25, -0.2) is 0 Å². The van der Waals surface area contributed by atoms with Crippen LogP contribution < -0.4 is 21.3 Å². The highest BCUT2D eigenvalue weighted by atomic mass is 16.5. The molecule has 2 aromatic rings. The van der Waals surface area contributed by atoms with E-state index < -0.39 is 0 Å². The normalized spacial score (nSPS) is 13.7. The van der Waals surface area contributed by atoms with E-state index in [9.17, 15) is 9.59 Å². The third-order valence-electron chi connectivity index (χ3n) is 4.18. The lowest BCUT2D eigenvalue weighted by Crippen LogP contribution is -2.43. The first-order valence-corrected chi connectivity index (χ1v) is 9.62. The number of ether oxygens (including phenoxy) is 1. The minimum absolute atomic E-state index is 0.130. The van der Waals surface area contributed by atoms with Crippen LogP contribution in [0, 0.1) is 0 Å². The third-order valence-corrected chi connectivity index (χ3v) is 4.18. The standard InChI is InChI=1S/C17H20N4O.C5H10O2/c18-14-3-1-13(2-4-14)17(22)20-15-5-7-16(8-6-15)21-11-9-19-10-12-21;1-5(2,3)7-4-6/h1-8,19H,9-12,18H2,(H,20,22);4H,1-3H3. The summed E-state index contributed by atoms with van der Waals surface area (Å²) in [6.45, 7) is 9.96. The van der Waals surface area contributed by atoms with Crippen molar-refractivity contribution in [3.05, 3.63) is 54.1 Å². The van der Waals surface area contributed by atoms with E-state index in [1.54, 1.807) is 24.3 Å². The van der Waals surface area contributed by atoms with Crippen molar-refractivity contribution in [3.63, 3.8) is 0 Å². The van der Waals surface area contributed by atoms with Gasteiger partial charge in [-0.1, -0.05) is 0 Å². The number of anilines is 3. The molecule has 4 N–H and O–H groups in total. The number of hydrogen-bond acceptors (Lipinski definition) is 6. The Morgan fingerprint density at radius 3 is 2.14 bits per heavy atom. The number of carbonyl (C=O) groups excluding carboxylic acids is 2. The molecule has 0 aliphatic carbocycles. The first-order valence-electron chi connectivity index (χ1n) is 9.62. The Hall–Kier alpha value is -3.06.